The van der Waals surface area contributed by atoms with Crippen LogP contribution in [-0.2, 0) is 9.59 Å². The van der Waals surface area contributed by atoms with Crippen molar-refractivity contribution in [2.75, 3.05) is 24.5 Å². The van der Waals surface area contributed by atoms with Crippen LogP contribution >= 0.6 is 0 Å². The summed E-state index contributed by atoms with van der Waals surface area (Å²) in [5.74, 6) is -2.30. The smallest absolute Gasteiger partial charge is 0.262 e. The van der Waals surface area contributed by atoms with E-state index in [4.69, 9.17) is 0 Å². The Labute approximate surface area is 165 Å². The Kier molecular flexibility index (Phi) is 5.03. The number of imide groups is 2. The van der Waals surface area contributed by atoms with Gasteiger partial charge in [-0.05, 0) is 24.6 Å². The second kappa shape index (κ2) is 7.51. The SMILES string of the molecule is O=C1CCC(N2C(=O)c3ccc(N4CCNCC4CC(F)F)cc3C2=O)C(=O)N1. The van der Waals surface area contributed by atoms with E-state index in [2.05, 4.69) is 10.6 Å². The van der Waals surface area contributed by atoms with Gasteiger partial charge in [-0.15, -0.1) is 0 Å². The molecular formula is C19H20F2N4O4. The molecule has 1 aromatic rings. The number of carbonyl (C=O) groups excluding carboxylic acids is 4. The van der Waals surface area contributed by atoms with Gasteiger partial charge in [0.05, 0.1) is 11.1 Å². The molecule has 2 unspecified atom stereocenters. The average Bonchev–Trinajstić information content (AvgIpc) is 2.92. The van der Waals surface area contributed by atoms with Gasteiger partial charge >= 0.3 is 0 Å². The number of piperidine rings is 1. The number of fused-ring (bicyclic) bond motifs is 1. The largest absolute Gasteiger partial charge is 0.366 e. The van der Waals surface area contributed by atoms with Crippen molar-refractivity contribution >= 4 is 29.3 Å². The van der Waals surface area contributed by atoms with Crippen LogP contribution in [-0.4, -0.2) is 66.7 Å². The molecule has 2 atom stereocenters. The van der Waals surface area contributed by atoms with Crippen LogP contribution < -0.4 is 15.5 Å². The number of hydrogen-bond donors (Lipinski definition) is 2. The number of piperazine rings is 1. The Hall–Kier alpha value is -2.88. The minimum atomic E-state index is -2.46. The lowest BCUT2D eigenvalue weighted by Crippen LogP contribution is -2.54. The van der Waals surface area contributed by atoms with Crippen molar-refractivity contribution < 1.29 is 28.0 Å². The molecule has 0 spiro atoms. The Morgan fingerprint density at radius 1 is 1.10 bits per heavy atom. The third-order valence-corrected chi connectivity index (χ3v) is 5.56. The molecule has 2 saturated heterocycles. The summed E-state index contributed by atoms with van der Waals surface area (Å²) in [5, 5.41) is 5.24. The number of hydrogen-bond acceptors (Lipinski definition) is 6. The van der Waals surface area contributed by atoms with E-state index < -0.39 is 42.1 Å². The zero-order valence-electron chi connectivity index (χ0n) is 15.5. The number of nitrogens with one attached hydrogen (secondary N) is 2. The Balaban J connectivity index is 1.61. The molecule has 4 rings (SSSR count). The van der Waals surface area contributed by atoms with Crippen molar-refractivity contribution in [2.24, 2.45) is 0 Å². The van der Waals surface area contributed by atoms with E-state index in [1.165, 1.54) is 12.1 Å². The van der Waals surface area contributed by atoms with Gasteiger partial charge in [-0.2, -0.15) is 0 Å². The molecule has 0 aliphatic carbocycles. The summed E-state index contributed by atoms with van der Waals surface area (Å²) in [6.45, 7) is 1.51. The molecular weight excluding hydrogens is 386 g/mol. The van der Waals surface area contributed by atoms with Crippen LogP contribution in [0.15, 0.2) is 18.2 Å². The van der Waals surface area contributed by atoms with Gasteiger partial charge in [0, 0.05) is 44.2 Å². The van der Waals surface area contributed by atoms with Crippen LogP contribution in [0.1, 0.15) is 40.0 Å². The molecule has 10 heteroatoms. The second-order valence-electron chi connectivity index (χ2n) is 7.36. The van der Waals surface area contributed by atoms with Crippen molar-refractivity contribution in [1.82, 2.24) is 15.5 Å². The number of nitrogens with zero attached hydrogens (tertiary/aromatic N) is 2. The summed E-state index contributed by atoms with van der Waals surface area (Å²) in [5.41, 5.74) is 0.901. The highest BCUT2D eigenvalue weighted by molar-refractivity contribution is 6.23. The summed E-state index contributed by atoms with van der Waals surface area (Å²) in [7, 11) is 0. The van der Waals surface area contributed by atoms with Crippen LogP contribution in [0.2, 0.25) is 0 Å². The Morgan fingerprint density at radius 3 is 2.59 bits per heavy atom. The molecule has 0 bridgehead atoms. The highest BCUT2D eigenvalue weighted by Crippen LogP contribution is 2.32. The standard InChI is InChI=1S/C19H20F2N4O4/c20-15(21)8-11-9-22-5-6-24(11)10-1-2-12-13(7-10)19(29)25(18(12)28)14-3-4-16(26)23-17(14)27/h1-2,7,11,14-15,22H,3-6,8-9H2,(H,23,26,27). The fourth-order valence-corrected chi connectivity index (χ4v) is 4.15. The van der Waals surface area contributed by atoms with E-state index in [1.54, 1.807) is 6.07 Å². The number of alkyl halides is 2. The van der Waals surface area contributed by atoms with Gasteiger partial charge in [-0.1, -0.05) is 0 Å². The summed E-state index contributed by atoms with van der Waals surface area (Å²) >= 11 is 0. The predicted octanol–water partition coefficient (Wildman–Crippen LogP) is 0.521. The zero-order valence-corrected chi connectivity index (χ0v) is 15.5. The van der Waals surface area contributed by atoms with E-state index in [1.807, 2.05) is 4.90 Å². The van der Waals surface area contributed by atoms with Crippen molar-refractivity contribution in [1.29, 1.82) is 0 Å². The number of carbonyl (C=O) groups is 4. The summed E-state index contributed by atoms with van der Waals surface area (Å²) < 4.78 is 25.9. The molecule has 3 heterocycles. The average molecular weight is 406 g/mol. The molecule has 29 heavy (non-hydrogen) atoms. The number of amides is 4. The molecule has 154 valence electrons. The van der Waals surface area contributed by atoms with Gasteiger partial charge in [0.15, 0.2) is 0 Å². The van der Waals surface area contributed by atoms with Crippen LogP contribution in [0.4, 0.5) is 14.5 Å². The van der Waals surface area contributed by atoms with Crippen LogP contribution in [0.25, 0.3) is 0 Å². The topological polar surface area (TPSA) is 98.8 Å². The van der Waals surface area contributed by atoms with Crippen molar-refractivity contribution in [3.63, 3.8) is 0 Å². The third-order valence-electron chi connectivity index (χ3n) is 5.56. The van der Waals surface area contributed by atoms with Gasteiger partial charge in [0.1, 0.15) is 6.04 Å². The highest BCUT2D eigenvalue weighted by Gasteiger charge is 2.44. The Morgan fingerprint density at radius 2 is 1.86 bits per heavy atom. The van der Waals surface area contributed by atoms with E-state index in [-0.39, 0.29) is 30.4 Å². The molecule has 0 aromatic heterocycles. The highest BCUT2D eigenvalue weighted by atomic mass is 19.3. The van der Waals surface area contributed by atoms with Gasteiger partial charge < -0.3 is 10.2 Å². The quantitative estimate of drug-likeness (QED) is 0.708. The molecule has 0 saturated carbocycles. The monoisotopic (exact) mass is 406 g/mol. The third kappa shape index (κ3) is 3.48. The summed E-state index contributed by atoms with van der Waals surface area (Å²) in [6.07, 6.45) is -2.63. The number of benzene rings is 1. The fraction of sp³-hybridized carbons (Fsp3) is 0.474. The van der Waals surface area contributed by atoms with Crippen LogP contribution in [0, 0.1) is 0 Å². The lowest BCUT2D eigenvalue weighted by atomic mass is 10.0. The van der Waals surface area contributed by atoms with Gasteiger partial charge in [0.25, 0.3) is 11.8 Å². The predicted molar refractivity (Wildman–Crippen MR) is 97.7 cm³/mol. The van der Waals surface area contributed by atoms with Crippen LogP contribution in [0.5, 0.6) is 0 Å². The first kappa shape index (κ1) is 19.4. The summed E-state index contributed by atoms with van der Waals surface area (Å²) in [4.78, 5) is 51.9. The van der Waals surface area contributed by atoms with Gasteiger partial charge in [0.2, 0.25) is 18.2 Å². The minimum absolute atomic E-state index is 0.0468. The molecule has 1 aromatic carbocycles. The van der Waals surface area contributed by atoms with E-state index in [0.29, 0.717) is 25.3 Å². The number of halogens is 2. The zero-order chi connectivity index (χ0) is 20.7. The maximum absolute atomic E-state index is 12.9. The molecule has 2 N–H and O–H groups in total. The van der Waals surface area contributed by atoms with Gasteiger partial charge in [-0.3, -0.25) is 29.4 Å². The normalized spacial score (nSPS) is 24.9. The maximum Gasteiger partial charge on any atom is 0.262 e. The first-order chi connectivity index (χ1) is 13.9. The molecule has 8 nitrogen and oxygen atoms in total. The van der Waals surface area contributed by atoms with Crippen molar-refractivity contribution in [2.45, 2.75) is 37.8 Å². The first-order valence-electron chi connectivity index (χ1n) is 9.48. The van der Waals surface area contributed by atoms with Crippen LogP contribution in [0.3, 0.4) is 0 Å². The molecule has 3 aliphatic rings. The molecule has 2 fully saturated rings. The first-order valence-corrected chi connectivity index (χ1v) is 9.48. The number of rotatable bonds is 4. The van der Waals surface area contributed by atoms with E-state index in [0.717, 1.165) is 4.90 Å². The molecule has 4 amide bonds. The Bertz CT molecular complexity index is 891. The van der Waals surface area contributed by atoms with Crippen molar-refractivity contribution in [3.05, 3.63) is 29.3 Å². The minimum Gasteiger partial charge on any atom is -0.366 e. The molecule has 3 aliphatic heterocycles. The lowest BCUT2D eigenvalue weighted by Gasteiger charge is -2.38. The number of anilines is 1. The lowest BCUT2D eigenvalue weighted by molar-refractivity contribution is -0.136. The van der Waals surface area contributed by atoms with E-state index >= 15 is 0 Å². The summed E-state index contributed by atoms with van der Waals surface area (Å²) in [6, 6.07) is 3.21. The van der Waals surface area contributed by atoms with E-state index in [9.17, 15) is 28.0 Å². The fourth-order valence-electron chi connectivity index (χ4n) is 4.15. The maximum atomic E-state index is 12.9. The molecule has 0 radical (unpaired) electrons. The van der Waals surface area contributed by atoms with Crippen molar-refractivity contribution in [3.8, 4) is 0 Å². The second-order valence-corrected chi connectivity index (χ2v) is 7.36. The van der Waals surface area contributed by atoms with Gasteiger partial charge in [-0.25, -0.2) is 8.78 Å².